The Morgan fingerprint density at radius 3 is 2.59 bits per heavy atom. The lowest BCUT2D eigenvalue weighted by atomic mass is 9.73. The van der Waals surface area contributed by atoms with Crippen molar-refractivity contribution in [2.75, 3.05) is 39.2 Å². The van der Waals surface area contributed by atoms with Crippen molar-refractivity contribution in [3.8, 4) is 5.75 Å². The van der Waals surface area contributed by atoms with Crippen LogP contribution >= 0.6 is 0 Å². The minimum Gasteiger partial charge on any atom is -0.497 e. The highest BCUT2D eigenvalue weighted by Gasteiger charge is 2.41. The molecule has 7 nitrogen and oxygen atoms in total. The van der Waals surface area contributed by atoms with Crippen molar-refractivity contribution in [2.45, 2.75) is 31.2 Å². The van der Waals surface area contributed by atoms with Gasteiger partial charge in [0.2, 0.25) is 15.9 Å². The zero-order valence-corrected chi connectivity index (χ0v) is 19.2. The van der Waals surface area contributed by atoms with E-state index in [-0.39, 0.29) is 18.2 Å². The molecule has 8 heteroatoms. The number of methoxy groups -OCH3 is 1. The largest absolute Gasteiger partial charge is 0.497 e. The smallest absolute Gasteiger partial charge is 0.230 e. The van der Waals surface area contributed by atoms with Gasteiger partial charge in [0, 0.05) is 32.8 Å². The summed E-state index contributed by atoms with van der Waals surface area (Å²) in [7, 11) is -1.87. The molecule has 0 unspecified atom stereocenters. The maximum absolute atomic E-state index is 13.2. The summed E-state index contributed by atoms with van der Waals surface area (Å²) in [5, 5.41) is 2.90. The molecule has 1 saturated heterocycles. The summed E-state index contributed by atoms with van der Waals surface area (Å²) in [5.74, 6) is 0.535. The molecular weight excluding hydrogens is 428 g/mol. The Hall–Kier alpha value is -2.42. The van der Waals surface area contributed by atoms with Gasteiger partial charge in [-0.2, -0.15) is 4.31 Å². The maximum Gasteiger partial charge on any atom is 0.230 e. The molecule has 2 aromatic carbocycles. The van der Waals surface area contributed by atoms with Crippen molar-refractivity contribution in [2.24, 2.45) is 0 Å². The predicted octanol–water partition coefficient (Wildman–Crippen LogP) is 2.25. The van der Waals surface area contributed by atoms with E-state index in [2.05, 4.69) is 5.32 Å². The number of hydrogen-bond donors (Lipinski definition) is 1. The zero-order chi connectivity index (χ0) is 22.6. The molecule has 0 aliphatic carbocycles. The van der Waals surface area contributed by atoms with Crippen LogP contribution in [0.1, 0.15) is 29.5 Å². The first-order chi connectivity index (χ1) is 15.4. The molecule has 0 radical (unpaired) electrons. The lowest BCUT2D eigenvalue weighted by molar-refractivity contribution is -0.130. The minimum atomic E-state index is -3.49. The molecule has 2 heterocycles. The molecule has 1 amide bonds. The van der Waals surface area contributed by atoms with E-state index >= 15 is 0 Å². The van der Waals surface area contributed by atoms with E-state index in [1.54, 1.807) is 7.11 Å². The number of nitrogens with one attached hydrogen (secondary N) is 1. The fourth-order valence-corrected chi connectivity index (χ4v) is 5.91. The normalized spacial score (nSPS) is 18.5. The number of fused-ring (bicyclic) bond motifs is 1. The Kier molecular flexibility index (Phi) is 6.83. The highest BCUT2D eigenvalue weighted by atomic mass is 32.2. The second kappa shape index (κ2) is 9.60. The van der Waals surface area contributed by atoms with E-state index in [1.807, 2.05) is 48.5 Å². The monoisotopic (exact) mass is 458 g/mol. The van der Waals surface area contributed by atoms with Crippen molar-refractivity contribution in [3.05, 3.63) is 65.2 Å². The Morgan fingerprint density at radius 2 is 1.88 bits per heavy atom. The number of carbonyl (C=O) groups is 1. The molecule has 1 N–H and O–H groups in total. The number of nitrogens with zero attached hydrogens (tertiary/aromatic N) is 1. The molecule has 32 heavy (non-hydrogen) atoms. The number of amides is 1. The molecule has 4 rings (SSSR count). The fraction of sp³-hybridized carbons (Fsp3) is 0.458. The number of sulfonamides is 1. The van der Waals surface area contributed by atoms with Gasteiger partial charge in [-0.1, -0.05) is 36.4 Å². The van der Waals surface area contributed by atoms with E-state index in [0.717, 1.165) is 22.4 Å². The Balaban J connectivity index is 1.39. The van der Waals surface area contributed by atoms with Crippen molar-refractivity contribution in [1.82, 2.24) is 9.62 Å². The first-order valence-electron chi connectivity index (χ1n) is 11.0. The van der Waals surface area contributed by atoms with Gasteiger partial charge >= 0.3 is 0 Å². The second-order valence-corrected chi connectivity index (χ2v) is 10.4. The lowest BCUT2D eigenvalue weighted by Crippen LogP contribution is -2.49. The van der Waals surface area contributed by atoms with E-state index < -0.39 is 15.4 Å². The number of benzene rings is 2. The zero-order valence-electron chi connectivity index (χ0n) is 18.4. The highest BCUT2D eigenvalue weighted by Crippen LogP contribution is 2.35. The molecule has 0 spiro atoms. The van der Waals surface area contributed by atoms with Crippen LogP contribution in [0.2, 0.25) is 0 Å². The third-order valence-corrected chi connectivity index (χ3v) is 8.36. The van der Waals surface area contributed by atoms with Gasteiger partial charge < -0.3 is 14.8 Å². The van der Waals surface area contributed by atoms with Gasteiger partial charge in [0.05, 0.1) is 18.3 Å². The van der Waals surface area contributed by atoms with Gasteiger partial charge in [-0.15, -0.1) is 0 Å². The SMILES string of the molecule is COc1ccc2c(c1)CCN(S(=O)(=O)CCNC(=O)C1(c3ccccc3)CCOCC1)C2. The van der Waals surface area contributed by atoms with Gasteiger partial charge in [0.1, 0.15) is 5.75 Å². The predicted molar refractivity (Wildman–Crippen MR) is 122 cm³/mol. The Labute approximate surface area is 189 Å². The summed E-state index contributed by atoms with van der Waals surface area (Å²) in [5.41, 5.74) is 2.39. The van der Waals surface area contributed by atoms with Crippen LogP contribution in [0.25, 0.3) is 0 Å². The van der Waals surface area contributed by atoms with E-state index in [9.17, 15) is 13.2 Å². The molecule has 0 aromatic heterocycles. The van der Waals surface area contributed by atoms with Crippen molar-refractivity contribution in [1.29, 1.82) is 0 Å². The average Bonchev–Trinajstić information content (AvgIpc) is 2.84. The van der Waals surface area contributed by atoms with Gasteiger partial charge in [-0.05, 0) is 48.1 Å². The van der Waals surface area contributed by atoms with Crippen molar-refractivity contribution in [3.63, 3.8) is 0 Å². The van der Waals surface area contributed by atoms with Gasteiger partial charge in [0.15, 0.2) is 0 Å². The van der Waals surface area contributed by atoms with E-state index in [1.165, 1.54) is 4.31 Å². The van der Waals surface area contributed by atoms with Gasteiger partial charge in [-0.3, -0.25) is 4.79 Å². The van der Waals surface area contributed by atoms with E-state index in [4.69, 9.17) is 9.47 Å². The fourth-order valence-electron chi connectivity index (χ4n) is 4.58. The molecule has 2 aliphatic rings. The molecule has 172 valence electrons. The van der Waals surface area contributed by atoms with Gasteiger partial charge in [0.25, 0.3) is 0 Å². The quantitative estimate of drug-likeness (QED) is 0.688. The third kappa shape index (κ3) is 4.67. The van der Waals surface area contributed by atoms with Crippen molar-refractivity contribution >= 4 is 15.9 Å². The summed E-state index contributed by atoms with van der Waals surface area (Å²) in [6.45, 7) is 1.89. The molecule has 2 aromatic rings. The van der Waals surface area contributed by atoms with E-state index in [0.29, 0.717) is 45.6 Å². The van der Waals surface area contributed by atoms with Crippen LogP contribution < -0.4 is 10.1 Å². The molecule has 1 fully saturated rings. The second-order valence-electron chi connectivity index (χ2n) is 8.35. The lowest BCUT2D eigenvalue weighted by Gasteiger charge is -2.36. The number of carbonyl (C=O) groups excluding carboxylic acids is 1. The van der Waals surface area contributed by atoms with Crippen LogP contribution in [0.15, 0.2) is 48.5 Å². The molecule has 0 saturated carbocycles. The Morgan fingerprint density at radius 1 is 1.12 bits per heavy atom. The van der Waals surface area contributed by atoms with Gasteiger partial charge in [-0.25, -0.2) is 8.42 Å². The molecule has 0 atom stereocenters. The summed E-state index contributed by atoms with van der Waals surface area (Å²) in [6, 6.07) is 15.4. The first-order valence-corrected chi connectivity index (χ1v) is 12.6. The van der Waals surface area contributed by atoms with Crippen LogP contribution in [0.3, 0.4) is 0 Å². The van der Waals surface area contributed by atoms with Crippen LogP contribution in [-0.2, 0) is 37.9 Å². The summed E-state index contributed by atoms with van der Waals surface area (Å²) in [4.78, 5) is 13.2. The molecular formula is C24H30N2O5S. The summed E-state index contributed by atoms with van der Waals surface area (Å²) < 4.78 is 38.2. The number of rotatable bonds is 7. The maximum atomic E-state index is 13.2. The summed E-state index contributed by atoms with van der Waals surface area (Å²) >= 11 is 0. The molecule has 2 aliphatic heterocycles. The average molecular weight is 459 g/mol. The number of hydrogen-bond acceptors (Lipinski definition) is 5. The number of ether oxygens (including phenoxy) is 2. The van der Waals surface area contributed by atoms with Crippen molar-refractivity contribution < 1.29 is 22.7 Å². The van der Waals surface area contributed by atoms with Crippen LogP contribution in [0.5, 0.6) is 5.75 Å². The molecule has 0 bridgehead atoms. The minimum absolute atomic E-state index is 0.0859. The van der Waals surface area contributed by atoms with Crippen LogP contribution in [-0.4, -0.2) is 57.8 Å². The topological polar surface area (TPSA) is 84.9 Å². The van der Waals surface area contributed by atoms with Crippen LogP contribution in [0.4, 0.5) is 0 Å². The highest BCUT2D eigenvalue weighted by molar-refractivity contribution is 7.89. The summed E-state index contributed by atoms with van der Waals surface area (Å²) in [6.07, 6.45) is 1.82. The van der Waals surface area contributed by atoms with Crippen LogP contribution in [0, 0.1) is 0 Å². The standard InChI is InChI=1S/C24H30N2O5S/c1-30-22-8-7-20-18-26(13-9-19(20)17-22)32(28,29)16-12-25-23(27)24(10-14-31-15-11-24)21-5-3-2-4-6-21/h2-8,17H,9-16,18H2,1H3,(H,25,27). The third-order valence-electron chi connectivity index (χ3n) is 6.54. The first kappa shape index (κ1) is 22.8. The Bertz CT molecular complexity index is 1050.